The lowest BCUT2D eigenvalue weighted by Crippen LogP contribution is -2.46. The summed E-state index contributed by atoms with van der Waals surface area (Å²) in [5.74, 6) is 0.0305. The van der Waals surface area contributed by atoms with Gasteiger partial charge in [-0.1, -0.05) is 24.1 Å². The normalized spacial score (nSPS) is 17.7. The van der Waals surface area contributed by atoms with E-state index in [9.17, 15) is 4.79 Å². The van der Waals surface area contributed by atoms with E-state index >= 15 is 0 Å². The first-order valence-electron chi connectivity index (χ1n) is 8.91. The van der Waals surface area contributed by atoms with E-state index in [1.54, 1.807) is 0 Å². The molecule has 0 saturated carbocycles. The number of pyridine rings is 1. The number of nitrogens with zero attached hydrogens (tertiary/aromatic N) is 2. The van der Waals surface area contributed by atoms with Crippen LogP contribution in [0.25, 0.3) is 10.9 Å². The molecule has 3 N–H and O–H groups in total. The average molecular weight is 397 g/mol. The lowest BCUT2D eigenvalue weighted by molar-refractivity contribution is -0.121. The number of piperidine rings is 1. The summed E-state index contributed by atoms with van der Waals surface area (Å²) in [6, 6.07) is 8.27. The zero-order valence-corrected chi connectivity index (χ0v) is 16.4. The third-order valence-corrected chi connectivity index (χ3v) is 5.00. The summed E-state index contributed by atoms with van der Waals surface area (Å²) in [5, 5.41) is 4.82. The molecular formula is C19H26Cl2N4O. The van der Waals surface area contributed by atoms with Crippen LogP contribution in [0.1, 0.15) is 31.2 Å². The number of carbonyl (C=O) groups excluding carboxylic acids is 1. The van der Waals surface area contributed by atoms with E-state index in [0.29, 0.717) is 25.6 Å². The van der Waals surface area contributed by atoms with Crippen LogP contribution < -0.4 is 11.1 Å². The van der Waals surface area contributed by atoms with Crippen LogP contribution in [0.15, 0.2) is 30.5 Å². The maximum Gasteiger partial charge on any atom is 0.221 e. The molecule has 1 aromatic heterocycles. The first-order chi connectivity index (χ1) is 12.2. The zero-order valence-electron chi connectivity index (χ0n) is 14.8. The molecule has 1 aromatic carbocycles. The van der Waals surface area contributed by atoms with Gasteiger partial charge in [0, 0.05) is 48.7 Å². The quantitative estimate of drug-likeness (QED) is 0.786. The van der Waals surface area contributed by atoms with Crippen molar-refractivity contribution in [2.24, 2.45) is 5.73 Å². The van der Waals surface area contributed by atoms with E-state index in [1.165, 1.54) is 12.8 Å². The average Bonchev–Trinajstić information content (AvgIpc) is 2.61. The number of aromatic nitrogens is 1. The summed E-state index contributed by atoms with van der Waals surface area (Å²) in [7, 11) is 0. The van der Waals surface area contributed by atoms with Gasteiger partial charge in [0.25, 0.3) is 0 Å². The zero-order chi connectivity index (χ0) is 17.6. The fourth-order valence-electron chi connectivity index (χ4n) is 3.52. The van der Waals surface area contributed by atoms with Crippen molar-refractivity contribution in [1.82, 2.24) is 15.2 Å². The second kappa shape index (κ2) is 10.1. The Labute approximate surface area is 165 Å². The minimum atomic E-state index is 0. The van der Waals surface area contributed by atoms with Crippen molar-refractivity contribution in [3.8, 4) is 0 Å². The maximum absolute atomic E-state index is 11.7. The Kier molecular flexibility index (Phi) is 8.10. The van der Waals surface area contributed by atoms with E-state index < -0.39 is 0 Å². The number of benzene rings is 1. The Balaban J connectivity index is 0.00000243. The van der Waals surface area contributed by atoms with Crippen molar-refractivity contribution in [1.29, 1.82) is 0 Å². The second-order valence-corrected chi connectivity index (χ2v) is 7.04. The van der Waals surface area contributed by atoms with Gasteiger partial charge in [-0.15, -0.1) is 12.4 Å². The summed E-state index contributed by atoms with van der Waals surface area (Å²) >= 11 is 6.30. The minimum Gasteiger partial charge on any atom is -0.354 e. The molecule has 142 valence electrons. The number of hydrogen-bond acceptors (Lipinski definition) is 4. The third kappa shape index (κ3) is 5.30. The summed E-state index contributed by atoms with van der Waals surface area (Å²) in [6.45, 7) is 2.88. The molecule has 5 nitrogen and oxygen atoms in total. The number of carbonyl (C=O) groups is 1. The lowest BCUT2D eigenvalue weighted by Gasteiger charge is -2.36. The number of halogens is 2. The van der Waals surface area contributed by atoms with Gasteiger partial charge in [0.2, 0.25) is 5.91 Å². The van der Waals surface area contributed by atoms with E-state index in [-0.39, 0.29) is 18.3 Å². The molecule has 1 fully saturated rings. The van der Waals surface area contributed by atoms with Gasteiger partial charge in [0.05, 0.1) is 5.52 Å². The highest BCUT2D eigenvalue weighted by Crippen LogP contribution is 2.26. The number of fused-ring (bicyclic) bond motifs is 1. The molecule has 1 saturated heterocycles. The van der Waals surface area contributed by atoms with Crippen molar-refractivity contribution >= 4 is 40.8 Å². The van der Waals surface area contributed by atoms with Gasteiger partial charge in [-0.25, -0.2) is 0 Å². The van der Waals surface area contributed by atoms with Gasteiger partial charge in [0.1, 0.15) is 0 Å². The number of hydrogen-bond donors (Lipinski definition) is 2. The maximum atomic E-state index is 11.7. The van der Waals surface area contributed by atoms with Gasteiger partial charge in [-0.2, -0.15) is 0 Å². The highest BCUT2D eigenvalue weighted by molar-refractivity contribution is 6.31. The Morgan fingerprint density at radius 1 is 1.38 bits per heavy atom. The number of rotatable bonds is 6. The van der Waals surface area contributed by atoms with E-state index in [4.69, 9.17) is 17.3 Å². The Morgan fingerprint density at radius 3 is 3.04 bits per heavy atom. The van der Waals surface area contributed by atoms with Crippen LogP contribution in [0, 0.1) is 0 Å². The Bertz CT molecular complexity index is 741. The van der Waals surface area contributed by atoms with Crippen LogP contribution in [-0.2, 0) is 11.3 Å². The molecule has 0 radical (unpaired) electrons. The molecule has 1 aliphatic heterocycles. The predicted octanol–water partition coefficient (Wildman–Crippen LogP) is 3.13. The van der Waals surface area contributed by atoms with Crippen LogP contribution in [0.5, 0.6) is 0 Å². The second-order valence-electron chi connectivity index (χ2n) is 6.60. The summed E-state index contributed by atoms with van der Waals surface area (Å²) in [6.07, 6.45) is 5.67. The highest BCUT2D eigenvalue weighted by Gasteiger charge is 2.23. The summed E-state index contributed by atoms with van der Waals surface area (Å²) in [5.41, 5.74) is 7.59. The Hall–Kier alpha value is -1.40. The van der Waals surface area contributed by atoms with E-state index in [2.05, 4.69) is 15.2 Å². The van der Waals surface area contributed by atoms with E-state index in [1.807, 2.05) is 30.5 Å². The lowest BCUT2D eigenvalue weighted by atomic mass is 10.00. The topological polar surface area (TPSA) is 71.2 Å². The van der Waals surface area contributed by atoms with Gasteiger partial charge >= 0.3 is 0 Å². The fourth-order valence-corrected chi connectivity index (χ4v) is 3.77. The van der Waals surface area contributed by atoms with Crippen molar-refractivity contribution in [3.05, 3.63) is 41.0 Å². The van der Waals surface area contributed by atoms with Crippen LogP contribution in [-0.4, -0.2) is 41.5 Å². The molecule has 2 aromatic rings. The smallest absolute Gasteiger partial charge is 0.221 e. The molecule has 7 heteroatoms. The van der Waals surface area contributed by atoms with Crippen LogP contribution >= 0.6 is 24.0 Å². The first-order valence-corrected chi connectivity index (χ1v) is 9.29. The first kappa shape index (κ1) is 20.9. The van der Waals surface area contributed by atoms with Crippen molar-refractivity contribution in [3.63, 3.8) is 0 Å². The van der Waals surface area contributed by atoms with E-state index in [0.717, 1.165) is 41.0 Å². The van der Waals surface area contributed by atoms with Gasteiger partial charge < -0.3 is 11.1 Å². The van der Waals surface area contributed by atoms with Crippen LogP contribution in [0.3, 0.4) is 0 Å². The largest absolute Gasteiger partial charge is 0.354 e. The fraction of sp³-hybridized carbons (Fsp3) is 0.474. The minimum absolute atomic E-state index is 0. The number of nitrogens with one attached hydrogen (secondary N) is 1. The van der Waals surface area contributed by atoms with Gasteiger partial charge in [-0.05, 0) is 43.1 Å². The molecule has 1 aliphatic rings. The molecular weight excluding hydrogens is 371 g/mol. The standard InChI is InChI=1S/C19H25ClN4O.ClH/c20-16-10-14-4-3-8-22-19(14)15(11-16)13-24-9-2-1-5-17(24)12-23-18(25)6-7-21;/h3-4,8,10-11,17H,1-2,5-7,9,12-13,21H2,(H,23,25);1H. The monoisotopic (exact) mass is 396 g/mol. The van der Waals surface area contributed by atoms with Gasteiger partial charge in [0.15, 0.2) is 0 Å². The Morgan fingerprint density at radius 2 is 2.23 bits per heavy atom. The molecule has 0 spiro atoms. The van der Waals surface area contributed by atoms with Crippen molar-refractivity contribution < 1.29 is 4.79 Å². The molecule has 1 amide bonds. The van der Waals surface area contributed by atoms with Crippen LogP contribution in [0.4, 0.5) is 0 Å². The summed E-state index contributed by atoms with van der Waals surface area (Å²) < 4.78 is 0. The molecule has 1 unspecified atom stereocenters. The third-order valence-electron chi connectivity index (χ3n) is 4.78. The molecule has 0 bridgehead atoms. The van der Waals surface area contributed by atoms with Gasteiger partial charge in [-0.3, -0.25) is 14.7 Å². The molecule has 0 aliphatic carbocycles. The van der Waals surface area contributed by atoms with Crippen molar-refractivity contribution in [2.45, 2.75) is 38.3 Å². The summed E-state index contributed by atoms with van der Waals surface area (Å²) in [4.78, 5) is 18.7. The molecule has 3 rings (SSSR count). The predicted molar refractivity (Wildman–Crippen MR) is 109 cm³/mol. The van der Waals surface area contributed by atoms with Crippen molar-refractivity contribution in [2.75, 3.05) is 19.6 Å². The SMILES string of the molecule is Cl.NCCC(=O)NCC1CCCCN1Cc1cc(Cl)cc2cccnc12. The van der Waals surface area contributed by atoms with Crippen LogP contribution in [0.2, 0.25) is 5.02 Å². The molecule has 26 heavy (non-hydrogen) atoms. The number of amides is 1. The number of likely N-dealkylation sites (tertiary alicyclic amines) is 1. The number of nitrogens with two attached hydrogens (primary N) is 1. The molecule has 1 atom stereocenters. The molecule has 2 heterocycles. The highest BCUT2D eigenvalue weighted by atomic mass is 35.5.